The van der Waals surface area contributed by atoms with Gasteiger partial charge in [0.1, 0.15) is 10.6 Å². The molecule has 0 bridgehead atoms. The highest BCUT2D eigenvalue weighted by atomic mass is 32.1. The average Bonchev–Trinajstić information content (AvgIpc) is 2.67. The molecule has 94 valence electrons. The molecule has 0 saturated carbocycles. The summed E-state index contributed by atoms with van der Waals surface area (Å²) in [6.07, 6.45) is 1.45. The molecular formula is C12H12N2O3S. The fourth-order valence-electron chi connectivity index (χ4n) is 1.35. The molecule has 0 saturated heterocycles. The fraction of sp³-hybridized carbons (Fsp3) is 0.167. The van der Waals surface area contributed by atoms with Crippen molar-refractivity contribution in [3.63, 3.8) is 0 Å². The van der Waals surface area contributed by atoms with Gasteiger partial charge in [-0.2, -0.15) is 0 Å². The summed E-state index contributed by atoms with van der Waals surface area (Å²) in [6, 6.07) is 7.23. The molecule has 1 aromatic carbocycles. The quantitative estimate of drug-likeness (QED) is 0.832. The lowest BCUT2D eigenvalue weighted by atomic mass is 10.3. The van der Waals surface area contributed by atoms with E-state index in [4.69, 9.17) is 4.74 Å². The minimum Gasteiger partial charge on any atom is -0.494 e. The number of benzene rings is 1. The number of thiazole rings is 1. The van der Waals surface area contributed by atoms with E-state index in [1.807, 2.05) is 19.1 Å². The Morgan fingerprint density at radius 1 is 1.44 bits per heavy atom. The van der Waals surface area contributed by atoms with E-state index in [1.54, 1.807) is 12.1 Å². The van der Waals surface area contributed by atoms with Gasteiger partial charge in [-0.3, -0.25) is 14.8 Å². The molecule has 2 rings (SSSR count). The number of aromatic amines is 1. The van der Waals surface area contributed by atoms with E-state index in [9.17, 15) is 9.90 Å². The number of H-pyrrole nitrogens is 1. The van der Waals surface area contributed by atoms with E-state index < -0.39 is 0 Å². The minimum absolute atomic E-state index is 0.153. The summed E-state index contributed by atoms with van der Waals surface area (Å²) in [5, 5.41) is 9.37. The standard InChI is InChI=1S/C12H12N2O3S/c1-2-17-9-5-3-8(4-6-9)13-7-10-11(15)14-12(16)18-10/h3-7,15H,2H2,1H3,(H,14,16). The van der Waals surface area contributed by atoms with E-state index in [2.05, 4.69) is 9.98 Å². The summed E-state index contributed by atoms with van der Waals surface area (Å²) in [6.45, 7) is 2.54. The number of rotatable bonds is 4. The highest BCUT2D eigenvalue weighted by Crippen LogP contribution is 2.19. The second kappa shape index (κ2) is 5.50. The molecule has 0 unspecified atom stereocenters. The van der Waals surface area contributed by atoms with Crippen molar-refractivity contribution in [3.05, 3.63) is 38.8 Å². The van der Waals surface area contributed by atoms with Crippen LogP contribution < -0.4 is 9.61 Å². The van der Waals surface area contributed by atoms with E-state index >= 15 is 0 Å². The van der Waals surface area contributed by atoms with Gasteiger partial charge in [0.05, 0.1) is 18.5 Å². The predicted octanol–water partition coefficient (Wildman–Crippen LogP) is 2.29. The van der Waals surface area contributed by atoms with E-state index in [1.165, 1.54) is 6.21 Å². The molecule has 0 fully saturated rings. The monoisotopic (exact) mass is 264 g/mol. The molecule has 0 aliphatic heterocycles. The highest BCUT2D eigenvalue weighted by Gasteiger charge is 2.02. The first-order valence-electron chi connectivity index (χ1n) is 5.38. The summed E-state index contributed by atoms with van der Waals surface area (Å²) >= 11 is 0.910. The number of ether oxygens (including phenoxy) is 1. The van der Waals surface area contributed by atoms with Gasteiger partial charge in [0.2, 0.25) is 5.88 Å². The van der Waals surface area contributed by atoms with Crippen molar-refractivity contribution < 1.29 is 9.84 Å². The Balaban J connectivity index is 2.13. The van der Waals surface area contributed by atoms with Gasteiger partial charge in [-0.15, -0.1) is 0 Å². The van der Waals surface area contributed by atoms with Crippen LogP contribution in [0, 0.1) is 0 Å². The first-order chi connectivity index (χ1) is 8.69. The molecule has 0 atom stereocenters. The topological polar surface area (TPSA) is 74.7 Å². The molecule has 0 radical (unpaired) electrons. The van der Waals surface area contributed by atoms with E-state index in [0.29, 0.717) is 11.5 Å². The molecule has 1 heterocycles. The van der Waals surface area contributed by atoms with Crippen LogP contribution in [0.25, 0.3) is 0 Å². The van der Waals surface area contributed by atoms with Crippen molar-refractivity contribution in [1.82, 2.24) is 4.98 Å². The molecule has 2 aromatic rings. The Bertz CT molecular complexity index is 599. The zero-order valence-electron chi connectivity index (χ0n) is 9.71. The predicted molar refractivity (Wildman–Crippen MR) is 71.5 cm³/mol. The number of hydrogen-bond donors (Lipinski definition) is 2. The number of aliphatic imine (C=N–C) groups is 1. The zero-order chi connectivity index (χ0) is 13.0. The molecule has 5 nitrogen and oxygen atoms in total. The smallest absolute Gasteiger partial charge is 0.307 e. The molecule has 0 spiro atoms. The fourth-order valence-corrected chi connectivity index (χ4v) is 1.95. The molecule has 0 aliphatic carbocycles. The Morgan fingerprint density at radius 2 is 2.17 bits per heavy atom. The summed E-state index contributed by atoms with van der Waals surface area (Å²) in [7, 11) is 0. The first-order valence-corrected chi connectivity index (χ1v) is 6.19. The molecule has 0 aliphatic rings. The van der Waals surface area contributed by atoms with Crippen LogP contribution in [0.4, 0.5) is 5.69 Å². The van der Waals surface area contributed by atoms with Gasteiger partial charge < -0.3 is 9.84 Å². The first kappa shape index (κ1) is 12.4. The maximum atomic E-state index is 11.0. The van der Waals surface area contributed by atoms with Crippen molar-refractivity contribution in [3.8, 4) is 11.6 Å². The van der Waals surface area contributed by atoms with Gasteiger partial charge in [-0.05, 0) is 31.2 Å². The maximum absolute atomic E-state index is 11.0. The van der Waals surface area contributed by atoms with Gasteiger partial charge in [0.25, 0.3) is 0 Å². The third-order valence-electron chi connectivity index (χ3n) is 2.14. The van der Waals surface area contributed by atoms with Gasteiger partial charge in [-0.1, -0.05) is 11.3 Å². The van der Waals surface area contributed by atoms with Crippen LogP contribution in [0.5, 0.6) is 11.6 Å². The molecule has 1 aromatic heterocycles. The Kier molecular flexibility index (Phi) is 3.78. The number of nitrogens with one attached hydrogen (secondary N) is 1. The second-order valence-electron chi connectivity index (χ2n) is 3.41. The van der Waals surface area contributed by atoms with Gasteiger partial charge in [-0.25, -0.2) is 0 Å². The van der Waals surface area contributed by atoms with Crippen LogP contribution in [0.3, 0.4) is 0 Å². The summed E-state index contributed by atoms with van der Waals surface area (Å²) in [5.41, 5.74) is 0.721. The Hall–Kier alpha value is -2.08. The van der Waals surface area contributed by atoms with Crippen LogP contribution in [-0.4, -0.2) is 22.9 Å². The zero-order valence-corrected chi connectivity index (χ0v) is 10.5. The average molecular weight is 264 g/mol. The van der Waals surface area contributed by atoms with Crippen molar-refractivity contribution in [2.45, 2.75) is 6.92 Å². The van der Waals surface area contributed by atoms with Crippen LogP contribution in [-0.2, 0) is 0 Å². The third-order valence-corrected chi connectivity index (χ3v) is 2.94. The van der Waals surface area contributed by atoms with Crippen LogP contribution >= 0.6 is 11.3 Å². The molecule has 18 heavy (non-hydrogen) atoms. The number of aromatic nitrogens is 1. The second-order valence-corrected chi connectivity index (χ2v) is 4.43. The van der Waals surface area contributed by atoms with Crippen LogP contribution in [0.15, 0.2) is 34.1 Å². The van der Waals surface area contributed by atoms with Gasteiger partial charge in [0.15, 0.2) is 0 Å². The maximum Gasteiger partial charge on any atom is 0.307 e. The summed E-state index contributed by atoms with van der Waals surface area (Å²) < 4.78 is 5.31. The van der Waals surface area contributed by atoms with Crippen molar-refractivity contribution in [2.75, 3.05) is 6.61 Å². The third kappa shape index (κ3) is 2.98. The highest BCUT2D eigenvalue weighted by molar-refractivity contribution is 7.11. The summed E-state index contributed by atoms with van der Waals surface area (Å²) in [5.74, 6) is 0.630. The van der Waals surface area contributed by atoms with E-state index in [0.717, 1.165) is 22.8 Å². The summed E-state index contributed by atoms with van der Waals surface area (Å²) in [4.78, 5) is 17.5. The van der Waals surface area contributed by atoms with Gasteiger partial charge >= 0.3 is 4.87 Å². The van der Waals surface area contributed by atoms with E-state index in [-0.39, 0.29) is 10.8 Å². The van der Waals surface area contributed by atoms with Crippen LogP contribution in [0.2, 0.25) is 0 Å². The van der Waals surface area contributed by atoms with Crippen molar-refractivity contribution in [1.29, 1.82) is 0 Å². The normalized spacial score (nSPS) is 10.9. The lowest BCUT2D eigenvalue weighted by Crippen LogP contribution is -1.89. The number of nitrogens with zero attached hydrogens (tertiary/aromatic N) is 1. The number of hydrogen-bond acceptors (Lipinski definition) is 5. The van der Waals surface area contributed by atoms with Gasteiger partial charge in [0, 0.05) is 0 Å². The molecule has 2 N–H and O–H groups in total. The van der Waals surface area contributed by atoms with Crippen LogP contribution in [0.1, 0.15) is 11.8 Å². The minimum atomic E-state index is -0.305. The lowest BCUT2D eigenvalue weighted by Gasteiger charge is -2.01. The molecule has 0 amide bonds. The Labute approximate surface area is 107 Å². The molecule has 6 heteroatoms. The molecular weight excluding hydrogens is 252 g/mol. The Morgan fingerprint density at radius 3 is 2.72 bits per heavy atom. The van der Waals surface area contributed by atoms with Crippen molar-refractivity contribution >= 4 is 23.2 Å². The SMILES string of the molecule is CCOc1ccc(N=Cc2sc(=O)[nH]c2O)cc1. The number of aromatic hydroxyl groups is 1. The van der Waals surface area contributed by atoms with Crippen molar-refractivity contribution in [2.24, 2.45) is 4.99 Å². The largest absolute Gasteiger partial charge is 0.494 e. The lowest BCUT2D eigenvalue weighted by molar-refractivity contribution is 0.340.